The van der Waals surface area contributed by atoms with Crippen molar-refractivity contribution in [2.45, 2.75) is 56.2 Å². The van der Waals surface area contributed by atoms with E-state index in [0.29, 0.717) is 60.7 Å². The Morgan fingerprint density at radius 1 is 0.771 bits per heavy atom. The normalized spacial score (nSPS) is 29.1. The van der Waals surface area contributed by atoms with Crippen molar-refractivity contribution < 1.29 is 39.0 Å². The molecule has 2 aromatic carbocycles. The molecule has 3 aliphatic heterocycles. The average Bonchev–Trinajstić information content (AvgIpc) is 2.88. The van der Waals surface area contributed by atoms with E-state index in [1.165, 1.54) is 0 Å². The van der Waals surface area contributed by atoms with Crippen molar-refractivity contribution in [1.29, 1.82) is 0 Å². The zero-order chi connectivity index (χ0) is 24.4. The van der Waals surface area contributed by atoms with Gasteiger partial charge >= 0.3 is 0 Å². The van der Waals surface area contributed by atoms with Crippen molar-refractivity contribution in [3.8, 4) is 17.2 Å². The predicted octanol–water partition coefficient (Wildman–Crippen LogP) is 2.80. The highest BCUT2D eigenvalue weighted by Crippen LogP contribution is 2.41. The standard InChI is InChI=1S/C26H31ClO8/c27-18-13-20-17(12-16(18)10-15-4-5-19-21(11-15)34-9-8-33-19)26-25(30)24(29)23(28)22(35-26)14-31-6-2-1-3-7-32-20/h4-5,11-13,22-26,28-30H,1-3,6-10,14H2/t22-,23-,24+,25-,26+/m1/s1. The molecule has 1 saturated heterocycles. The fraction of sp³-hybridized carbons (Fsp3) is 0.538. The molecule has 0 saturated carbocycles. The highest BCUT2D eigenvalue weighted by Gasteiger charge is 2.45. The van der Waals surface area contributed by atoms with Crippen LogP contribution in [-0.2, 0) is 15.9 Å². The van der Waals surface area contributed by atoms with Crippen molar-refractivity contribution in [2.75, 3.05) is 33.0 Å². The summed E-state index contributed by atoms with van der Waals surface area (Å²) in [6.07, 6.45) is -2.60. The van der Waals surface area contributed by atoms with E-state index in [0.717, 1.165) is 30.4 Å². The number of ether oxygens (including phenoxy) is 5. The molecule has 0 amide bonds. The zero-order valence-electron chi connectivity index (χ0n) is 19.4. The van der Waals surface area contributed by atoms with E-state index in [2.05, 4.69) is 0 Å². The largest absolute Gasteiger partial charge is 0.493 e. The fourth-order valence-corrected chi connectivity index (χ4v) is 4.95. The number of hydrogen-bond donors (Lipinski definition) is 3. The quantitative estimate of drug-likeness (QED) is 0.571. The molecule has 190 valence electrons. The molecular formula is C26H31ClO8. The molecule has 8 nitrogen and oxygen atoms in total. The summed E-state index contributed by atoms with van der Waals surface area (Å²) in [7, 11) is 0. The number of hydrogen-bond acceptors (Lipinski definition) is 8. The highest BCUT2D eigenvalue weighted by atomic mass is 35.5. The van der Waals surface area contributed by atoms with Crippen LogP contribution in [-0.4, -0.2) is 72.8 Å². The number of fused-ring (bicyclic) bond motifs is 5. The third-order valence-corrected chi connectivity index (χ3v) is 7.02. The van der Waals surface area contributed by atoms with E-state index >= 15 is 0 Å². The molecule has 0 spiro atoms. The van der Waals surface area contributed by atoms with Crippen molar-refractivity contribution in [2.24, 2.45) is 0 Å². The van der Waals surface area contributed by atoms with E-state index in [9.17, 15) is 15.3 Å². The third kappa shape index (κ3) is 5.38. The Labute approximate surface area is 209 Å². The lowest BCUT2D eigenvalue weighted by Crippen LogP contribution is -2.55. The molecule has 0 aliphatic carbocycles. The first-order chi connectivity index (χ1) is 17.0. The maximum atomic E-state index is 10.9. The van der Waals surface area contributed by atoms with Crippen LogP contribution in [0.1, 0.15) is 42.1 Å². The van der Waals surface area contributed by atoms with Gasteiger partial charge in [0.15, 0.2) is 11.5 Å². The summed E-state index contributed by atoms with van der Waals surface area (Å²) in [6.45, 7) is 2.15. The third-order valence-electron chi connectivity index (χ3n) is 6.67. The van der Waals surface area contributed by atoms with Crippen LogP contribution < -0.4 is 14.2 Å². The van der Waals surface area contributed by atoms with Gasteiger partial charge in [0.25, 0.3) is 0 Å². The van der Waals surface area contributed by atoms with Crippen LogP contribution in [0.3, 0.4) is 0 Å². The molecule has 3 N–H and O–H groups in total. The Balaban J connectivity index is 1.49. The highest BCUT2D eigenvalue weighted by molar-refractivity contribution is 6.31. The van der Waals surface area contributed by atoms with Gasteiger partial charge in [0.1, 0.15) is 49.5 Å². The molecule has 3 heterocycles. The van der Waals surface area contributed by atoms with E-state index < -0.39 is 30.5 Å². The lowest BCUT2D eigenvalue weighted by molar-refractivity contribution is -0.235. The minimum absolute atomic E-state index is 0.120. The molecular weight excluding hydrogens is 476 g/mol. The molecule has 5 atom stereocenters. The Morgan fingerprint density at radius 2 is 1.54 bits per heavy atom. The van der Waals surface area contributed by atoms with Gasteiger partial charge < -0.3 is 39.0 Å². The van der Waals surface area contributed by atoms with Crippen LogP contribution >= 0.6 is 11.6 Å². The first-order valence-electron chi connectivity index (χ1n) is 12.1. The van der Waals surface area contributed by atoms with Gasteiger partial charge in [-0.05, 0) is 61.1 Å². The van der Waals surface area contributed by atoms with Gasteiger partial charge in [0, 0.05) is 17.2 Å². The monoisotopic (exact) mass is 506 g/mol. The molecule has 0 radical (unpaired) electrons. The lowest BCUT2D eigenvalue weighted by Gasteiger charge is -2.41. The summed E-state index contributed by atoms with van der Waals surface area (Å²) in [4.78, 5) is 0. The summed E-state index contributed by atoms with van der Waals surface area (Å²) in [5, 5.41) is 32.4. The van der Waals surface area contributed by atoms with Crippen LogP contribution in [0.5, 0.6) is 17.2 Å². The Kier molecular flexibility index (Phi) is 7.67. The minimum Gasteiger partial charge on any atom is -0.493 e. The van der Waals surface area contributed by atoms with Gasteiger partial charge in [-0.1, -0.05) is 17.7 Å². The fourth-order valence-electron chi connectivity index (χ4n) is 4.73. The molecule has 9 heteroatoms. The van der Waals surface area contributed by atoms with Gasteiger partial charge in [-0.15, -0.1) is 0 Å². The van der Waals surface area contributed by atoms with E-state index in [-0.39, 0.29) is 6.61 Å². The smallest absolute Gasteiger partial charge is 0.161 e. The Hall–Kier alpha value is -2.07. The molecule has 5 rings (SSSR count). The predicted molar refractivity (Wildman–Crippen MR) is 127 cm³/mol. The molecule has 0 unspecified atom stereocenters. The summed E-state index contributed by atoms with van der Waals surface area (Å²) < 4.78 is 29.2. The minimum atomic E-state index is -1.39. The first-order valence-corrected chi connectivity index (χ1v) is 12.5. The second-order valence-electron chi connectivity index (χ2n) is 9.19. The van der Waals surface area contributed by atoms with Crippen LogP contribution in [0.2, 0.25) is 5.02 Å². The molecule has 3 aliphatic rings. The van der Waals surface area contributed by atoms with Gasteiger partial charge in [-0.25, -0.2) is 0 Å². The van der Waals surface area contributed by atoms with Crippen molar-refractivity contribution >= 4 is 11.6 Å². The summed E-state index contributed by atoms with van der Waals surface area (Å²) >= 11 is 6.68. The van der Waals surface area contributed by atoms with Gasteiger partial charge in [-0.2, -0.15) is 0 Å². The number of rotatable bonds is 2. The van der Waals surface area contributed by atoms with E-state index in [1.807, 2.05) is 24.3 Å². The van der Waals surface area contributed by atoms with Gasteiger partial charge in [-0.3, -0.25) is 0 Å². The maximum absolute atomic E-state index is 10.9. The van der Waals surface area contributed by atoms with E-state index in [4.69, 9.17) is 35.3 Å². The van der Waals surface area contributed by atoms with Crippen molar-refractivity contribution in [3.63, 3.8) is 0 Å². The van der Waals surface area contributed by atoms with Crippen LogP contribution in [0.15, 0.2) is 30.3 Å². The molecule has 0 aromatic heterocycles. The molecule has 2 bridgehead atoms. The van der Waals surface area contributed by atoms with Gasteiger partial charge in [0.05, 0.1) is 13.2 Å². The summed E-state index contributed by atoms with van der Waals surface area (Å²) in [5.41, 5.74) is 2.36. The summed E-state index contributed by atoms with van der Waals surface area (Å²) in [5.74, 6) is 1.90. The Morgan fingerprint density at radius 3 is 2.40 bits per heavy atom. The SMILES string of the molecule is O[C@@H]1[C@@H](O)[C@H]2O[C@H](COCCCCCOc3cc(Cl)c(Cc4ccc5c(c4)OCCO5)cc32)[C@H]1O. The second-order valence-corrected chi connectivity index (χ2v) is 9.59. The lowest BCUT2D eigenvalue weighted by atomic mass is 9.89. The number of aliphatic hydroxyl groups is 3. The second kappa shape index (κ2) is 10.9. The maximum Gasteiger partial charge on any atom is 0.161 e. The van der Waals surface area contributed by atoms with Crippen LogP contribution in [0, 0.1) is 0 Å². The first kappa shape index (κ1) is 24.6. The van der Waals surface area contributed by atoms with Crippen molar-refractivity contribution in [1.82, 2.24) is 0 Å². The van der Waals surface area contributed by atoms with Crippen LogP contribution in [0.4, 0.5) is 0 Å². The number of halogens is 1. The summed E-state index contributed by atoms with van der Waals surface area (Å²) in [6, 6.07) is 9.37. The Bertz CT molecular complexity index is 1030. The number of aliphatic hydroxyl groups excluding tert-OH is 3. The van der Waals surface area contributed by atoms with E-state index in [1.54, 1.807) is 6.07 Å². The molecule has 2 aromatic rings. The topological polar surface area (TPSA) is 107 Å². The average molecular weight is 507 g/mol. The number of benzene rings is 2. The molecule has 1 fully saturated rings. The van der Waals surface area contributed by atoms with Crippen molar-refractivity contribution in [3.05, 3.63) is 52.0 Å². The van der Waals surface area contributed by atoms with Gasteiger partial charge in [0.2, 0.25) is 0 Å². The van der Waals surface area contributed by atoms with Crippen LogP contribution in [0.25, 0.3) is 0 Å². The molecule has 35 heavy (non-hydrogen) atoms. The zero-order valence-corrected chi connectivity index (χ0v) is 20.2.